The molecule has 0 saturated carbocycles. The van der Waals surface area contributed by atoms with Gasteiger partial charge in [-0.25, -0.2) is 0 Å². The van der Waals surface area contributed by atoms with Gasteiger partial charge in [0, 0.05) is 25.4 Å². The number of hydrogen-bond acceptors (Lipinski definition) is 7. The fourth-order valence-corrected chi connectivity index (χ4v) is 6.86. The molecule has 1 aromatic carbocycles. The number of hydrogen-bond donors (Lipinski definition) is 1. The monoisotopic (exact) mass is 554 g/mol. The molecule has 3 aliphatic heterocycles. The third-order valence-corrected chi connectivity index (χ3v) is 8.87. The second-order valence-corrected chi connectivity index (χ2v) is 11.2. The first-order valence-electron chi connectivity index (χ1n) is 14.2. The average Bonchev–Trinajstić information content (AvgIpc) is 3.46. The van der Waals surface area contributed by atoms with E-state index in [1.54, 1.807) is 53.3 Å². The van der Waals surface area contributed by atoms with E-state index in [-0.39, 0.29) is 44.0 Å². The van der Waals surface area contributed by atoms with Crippen LogP contribution in [0.4, 0.5) is 5.69 Å². The van der Waals surface area contributed by atoms with E-state index in [4.69, 9.17) is 14.2 Å². The van der Waals surface area contributed by atoms with Crippen molar-refractivity contribution in [1.82, 2.24) is 4.90 Å². The molecule has 3 fully saturated rings. The minimum atomic E-state index is -1.17. The van der Waals surface area contributed by atoms with Crippen molar-refractivity contribution >= 4 is 23.5 Å². The number of rotatable bonds is 14. The van der Waals surface area contributed by atoms with Crippen LogP contribution in [0.5, 0.6) is 5.75 Å². The number of benzene rings is 1. The van der Waals surface area contributed by atoms with Crippen LogP contribution in [0.1, 0.15) is 46.0 Å². The van der Waals surface area contributed by atoms with Gasteiger partial charge in [-0.1, -0.05) is 19.1 Å². The van der Waals surface area contributed by atoms with Gasteiger partial charge in [-0.2, -0.15) is 0 Å². The molecule has 0 aliphatic carbocycles. The normalized spacial score (nSPS) is 30.2. The Morgan fingerprint density at radius 1 is 1.20 bits per heavy atom. The number of aliphatic hydroxyl groups excluding tert-OH is 1. The van der Waals surface area contributed by atoms with Crippen LogP contribution in [0, 0.1) is 17.8 Å². The zero-order chi connectivity index (χ0) is 29.1. The summed E-state index contributed by atoms with van der Waals surface area (Å²) >= 11 is 0. The first-order chi connectivity index (χ1) is 19.2. The van der Waals surface area contributed by atoms with Gasteiger partial charge in [-0.15, -0.1) is 13.2 Å². The van der Waals surface area contributed by atoms with E-state index >= 15 is 0 Å². The molecule has 3 unspecified atom stereocenters. The number of esters is 1. The molecule has 218 valence electrons. The number of allylic oxidation sites excluding steroid dienone is 1. The molecule has 1 N–H and O–H groups in total. The quantitative estimate of drug-likeness (QED) is 0.213. The highest BCUT2D eigenvalue weighted by Crippen LogP contribution is 2.65. The fraction of sp³-hybridized carbons (Fsp3) is 0.581. The Morgan fingerprint density at radius 3 is 2.55 bits per heavy atom. The number of carbonyl (C=O) groups is 3. The van der Waals surface area contributed by atoms with Crippen LogP contribution in [-0.2, 0) is 23.9 Å². The van der Waals surface area contributed by atoms with Gasteiger partial charge in [0.15, 0.2) is 0 Å². The summed E-state index contributed by atoms with van der Waals surface area (Å²) in [6.45, 7) is 12.1. The van der Waals surface area contributed by atoms with Crippen molar-refractivity contribution in [1.29, 1.82) is 0 Å². The molecule has 6 atom stereocenters. The maximum atomic E-state index is 14.5. The lowest BCUT2D eigenvalue weighted by molar-refractivity contribution is -0.161. The van der Waals surface area contributed by atoms with Gasteiger partial charge >= 0.3 is 5.97 Å². The van der Waals surface area contributed by atoms with Crippen molar-refractivity contribution in [3.63, 3.8) is 0 Å². The standard InChI is InChI=1S/C31H42N2O7/c1-6-8-11-19-39-29(37)25-24-27(35)33(17-9-10-18-34)26(31(24)20-21(3)30(25,4)40-31)28(36)32(16-7-2)22-12-14-23(38-5)15-13-22/h6-7,12-15,21,24-26,34H,1-2,8-11,16-20H2,3-5H3/t21?,24-,25-,26?,30+,31?/m0/s1. The molecule has 2 amide bonds. The first-order valence-corrected chi connectivity index (χ1v) is 14.2. The Hall–Kier alpha value is -3.17. The SMILES string of the molecule is C=CCCCOC(=O)[C@@H]1[C@H]2C(=O)N(CCCCO)C(C(=O)N(CC=C)c3ccc(OC)cc3)C23CC(C)[C@@]1(C)O3. The zero-order valence-electron chi connectivity index (χ0n) is 23.8. The summed E-state index contributed by atoms with van der Waals surface area (Å²) < 4.78 is 17.7. The van der Waals surface area contributed by atoms with Gasteiger partial charge < -0.3 is 29.1 Å². The number of aliphatic hydroxyl groups is 1. The predicted octanol–water partition coefficient (Wildman–Crippen LogP) is 3.51. The summed E-state index contributed by atoms with van der Waals surface area (Å²) in [5, 5.41) is 9.41. The first kappa shape index (κ1) is 29.8. The van der Waals surface area contributed by atoms with E-state index in [9.17, 15) is 19.5 Å². The lowest BCUT2D eigenvalue weighted by atomic mass is 9.62. The summed E-state index contributed by atoms with van der Waals surface area (Å²) in [7, 11) is 1.58. The lowest BCUT2D eigenvalue weighted by Crippen LogP contribution is -2.57. The van der Waals surface area contributed by atoms with Crippen molar-refractivity contribution in [3.8, 4) is 5.75 Å². The molecule has 3 heterocycles. The molecule has 1 spiro atoms. The van der Waals surface area contributed by atoms with Crippen LogP contribution in [0.2, 0.25) is 0 Å². The van der Waals surface area contributed by atoms with Gasteiger partial charge in [-0.05, 0) is 69.2 Å². The van der Waals surface area contributed by atoms with Crippen molar-refractivity contribution in [3.05, 3.63) is 49.6 Å². The molecule has 2 bridgehead atoms. The summed E-state index contributed by atoms with van der Waals surface area (Å²) in [4.78, 5) is 45.4. The van der Waals surface area contributed by atoms with Crippen LogP contribution >= 0.6 is 0 Å². The maximum absolute atomic E-state index is 14.5. The van der Waals surface area contributed by atoms with E-state index in [2.05, 4.69) is 13.2 Å². The van der Waals surface area contributed by atoms with Crippen LogP contribution < -0.4 is 9.64 Å². The number of anilines is 1. The highest BCUT2D eigenvalue weighted by atomic mass is 16.6. The Labute approximate surface area is 236 Å². The van der Waals surface area contributed by atoms with Crippen molar-refractivity contribution in [2.45, 2.75) is 63.2 Å². The zero-order valence-corrected chi connectivity index (χ0v) is 23.8. The molecule has 3 aliphatic rings. The summed E-state index contributed by atoms with van der Waals surface area (Å²) in [6.07, 6.45) is 6.25. The van der Waals surface area contributed by atoms with Gasteiger partial charge in [0.25, 0.3) is 5.91 Å². The molecule has 4 rings (SSSR count). The van der Waals surface area contributed by atoms with Gasteiger partial charge in [0.05, 0.1) is 25.2 Å². The summed E-state index contributed by atoms with van der Waals surface area (Å²) in [5.74, 6) is -2.09. The predicted molar refractivity (Wildman–Crippen MR) is 151 cm³/mol. The van der Waals surface area contributed by atoms with Crippen LogP contribution in [0.15, 0.2) is 49.6 Å². The molecule has 9 nitrogen and oxygen atoms in total. The maximum Gasteiger partial charge on any atom is 0.312 e. The third kappa shape index (κ3) is 4.94. The van der Waals surface area contributed by atoms with E-state index in [1.165, 1.54) is 0 Å². The minimum Gasteiger partial charge on any atom is -0.497 e. The van der Waals surface area contributed by atoms with Crippen molar-refractivity contribution < 1.29 is 33.7 Å². The number of methoxy groups -OCH3 is 1. The van der Waals surface area contributed by atoms with Crippen molar-refractivity contribution in [2.24, 2.45) is 17.8 Å². The number of fused-ring (bicyclic) bond motifs is 1. The largest absolute Gasteiger partial charge is 0.497 e. The molecule has 40 heavy (non-hydrogen) atoms. The smallest absolute Gasteiger partial charge is 0.312 e. The Bertz CT molecular complexity index is 1120. The van der Waals surface area contributed by atoms with E-state index < -0.39 is 35.0 Å². The molecule has 9 heteroatoms. The number of unbranched alkanes of at least 4 members (excludes halogenated alkanes) is 2. The number of nitrogens with zero attached hydrogens (tertiary/aromatic N) is 2. The minimum absolute atomic E-state index is 0.0189. The molecular formula is C31H42N2O7. The van der Waals surface area contributed by atoms with Crippen molar-refractivity contribution in [2.75, 3.05) is 38.3 Å². The average molecular weight is 555 g/mol. The van der Waals surface area contributed by atoms with E-state index in [1.807, 2.05) is 13.8 Å². The van der Waals surface area contributed by atoms with Crippen LogP contribution in [-0.4, -0.2) is 78.4 Å². The molecular weight excluding hydrogens is 512 g/mol. The van der Waals surface area contributed by atoms with E-state index in [0.717, 1.165) is 0 Å². The summed E-state index contributed by atoms with van der Waals surface area (Å²) in [6, 6.07) is 6.20. The van der Waals surface area contributed by atoms with E-state index in [0.29, 0.717) is 43.5 Å². The Morgan fingerprint density at radius 2 is 1.93 bits per heavy atom. The van der Waals surface area contributed by atoms with Gasteiger partial charge in [-0.3, -0.25) is 14.4 Å². The third-order valence-electron chi connectivity index (χ3n) is 8.87. The number of amides is 2. The highest BCUT2D eigenvalue weighted by Gasteiger charge is 2.80. The number of carbonyl (C=O) groups excluding carboxylic acids is 3. The molecule has 0 radical (unpaired) electrons. The van der Waals surface area contributed by atoms with Gasteiger partial charge in [0.2, 0.25) is 5.91 Å². The molecule has 3 saturated heterocycles. The Balaban J connectivity index is 1.74. The van der Waals surface area contributed by atoms with Gasteiger partial charge in [0.1, 0.15) is 23.3 Å². The molecule has 0 aromatic heterocycles. The topological polar surface area (TPSA) is 106 Å². The number of ether oxygens (including phenoxy) is 3. The summed E-state index contributed by atoms with van der Waals surface area (Å²) in [5.41, 5.74) is -1.47. The molecule has 1 aromatic rings. The van der Waals surface area contributed by atoms with Crippen LogP contribution in [0.25, 0.3) is 0 Å². The van der Waals surface area contributed by atoms with Crippen LogP contribution in [0.3, 0.4) is 0 Å². The fourth-order valence-electron chi connectivity index (χ4n) is 6.86. The second kappa shape index (κ2) is 12.1. The highest BCUT2D eigenvalue weighted by molar-refractivity contribution is 6.04. The Kier molecular flexibility index (Phi) is 9.05. The second-order valence-electron chi connectivity index (χ2n) is 11.2. The lowest BCUT2D eigenvalue weighted by Gasteiger charge is -2.37. The number of likely N-dealkylation sites (tertiary alicyclic amines) is 1.